The van der Waals surface area contributed by atoms with Crippen molar-refractivity contribution in [3.05, 3.63) is 58.2 Å². The summed E-state index contributed by atoms with van der Waals surface area (Å²) >= 11 is 0. The van der Waals surface area contributed by atoms with E-state index in [4.69, 9.17) is 9.84 Å². The molecule has 0 bridgehead atoms. The second-order valence-electron chi connectivity index (χ2n) is 9.83. The molecule has 1 aliphatic carbocycles. The molecule has 5 heteroatoms. The Bertz CT molecular complexity index is 965. The van der Waals surface area contributed by atoms with E-state index in [-0.39, 0.29) is 16.4 Å². The van der Waals surface area contributed by atoms with Crippen LogP contribution in [-0.4, -0.2) is 17.7 Å². The largest absolute Gasteiger partial charge is 0.493 e. The summed E-state index contributed by atoms with van der Waals surface area (Å²) in [7, 11) is 0. The van der Waals surface area contributed by atoms with Gasteiger partial charge in [0.05, 0.1) is 6.61 Å². The summed E-state index contributed by atoms with van der Waals surface area (Å²) in [5.74, 6) is -2.83. The van der Waals surface area contributed by atoms with Crippen molar-refractivity contribution in [2.24, 2.45) is 0 Å². The average molecular weight is 447 g/mol. The maximum Gasteiger partial charge on any atom is 0.365 e. The average Bonchev–Trinajstić information content (AvgIpc) is 2.73. The van der Waals surface area contributed by atoms with E-state index in [2.05, 4.69) is 39.8 Å². The van der Waals surface area contributed by atoms with Crippen LogP contribution in [-0.2, 0) is 15.6 Å². The minimum Gasteiger partial charge on any atom is -0.493 e. The maximum absolute atomic E-state index is 15.3. The van der Waals surface area contributed by atoms with Crippen molar-refractivity contribution in [3.8, 4) is 5.75 Å². The summed E-state index contributed by atoms with van der Waals surface area (Å²) < 4.78 is 35.0. The molecule has 1 N–H and O–H groups in total. The number of carbonyl (C=O) groups is 1. The van der Waals surface area contributed by atoms with Gasteiger partial charge in [0.15, 0.2) is 0 Å². The van der Waals surface area contributed by atoms with E-state index in [9.17, 15) is 9.18 Å². The van der Waals surface area contributed by atoms with E-state index < -0.39 is 17.6 Å². The van der Waals surface area contributed by atoms with Gasteiger partial charge in [0.2, 0.25) is 5.83 Å². The van der Waals surface area contributed by atoms with Gasteiger partial charge in [0, 0.05) is 5.56 Å². The maximum atomic E-state index is 15.3. The van der Waals surface area contributed by atoms with Gasteiger partial charge in [-0.15, -0.1) is 0 Å². The van der Waals surface area contributed by atoms with Gasteiger partial charge >= 0.3 is 5.97 Å². The zero-order valence-electron chi connectivity index (χ0n) is 20.4. The lowest BCUT2D eigenvalue weighted by atomic mass is 9.62. The van der Waals surface area contributed by atoms with E-state index >= 15 is 4.39 Å². The Labute approximate surface area is 190 Å². The van der Waals surface area contributed by atoms with Crippen LogP contribution in [0.25, 0.3) is 5.57 Å². The smallest absolute Gasteiger partial charge is 0.365 e. The molecule has 176 valence electrons. The minimum absolute atomic E-state index is 0.00147. The summed E-state index contributed by atoms with van der Waals surface area (Å²) in [5, 5.41) is 8.78. The fourth-order valence-electron chi connectivity index (χ4n) is 4.19. The van der Waals surface area contributed by atoms with Crippen LogP contribution in [0.5, 0.6) is 5.75 Å². The summed E-state index contributed by atoms with van der Waals surface area (Å²) in [5.41, 5.74) is 3.40. The molecular weight excluding hydrogens is 410 g/mol. The van der Waals surface area contributed by atoms with Crippen LogP contribution >= 0.6 is 0 Å². The molecule has 0 aromatic heterocycles. The van der Waals surface area contributed by atoms with Crippen LogP contribution in [0.3, 0.4) is 0 Å². The molecule has 1 aliphatic rings. The first-order chi connectivity index (χ1) is 14.9. The summed E-state index contributed by atoms with van der Waals surface area (Å²) in [6.07, 6.45) is 5.63. The van der Waals surface area contributed by atoms with Crippen molar-refractivity contribution in [2.45, 2.75) is 85.0 Å². The highest BCUT2D eigenvalue weighted by molar-refractivity contribution is 5.85. The first-order valence-electron chi connectivity index (χ1n) is 11.3. The molecule has 3 nitrogen and oxygen atoms in total. The number of halogens is 2. The van der Waals surface area contributed by atoms with Crippen molar-refractivity contribution in [1.29, 1.82) is 0 Å². The molecule has 0 unspecified atom stereocenters. The SMILES string of the molecule is CCCOc1cc2c(cc1C(CC)=C(F)C=CC(C)=C(F)C(=O)O)C(C)(C)CCC2(C)C. The van der Waals surface area contributed by atoms with Crippen LogP contribution in [0.4, 0.5) is 8.78 Å². The van der Waals surface area contributed by atoms with Gasteiger partial charge < -0.3 is 9.84 Å². The number of hydrogen-bond acceptors (Lipinski definition) is 2. The molecule has 0 saturated carbocycles. The molecule has 2 rings (SSSR count). The Kier molecular flexibility index (Phi) is 8.08. The lowest BCUT2D eigenvalue weighted by Crippen LogP contribution is -2.34. The van der Waals surface area contributed by atoms with Gasteiger partial charge in [-0.05, 0) is 83.9 Å². The van der Waals surface area contributed by atoms with Gasteiger partial charge in [0.1, 0.15) is 11.6 Å². The number of allylic oxidation sites excluding steroid dienone is 5. The number of rotatable bonds is 8. The molecule has 0 atom stereocenters. The van der Waals surface area contributed by atoms with E-state index in [0.29, 0.717) is 29.9 Å². The van der Waals surface area contributed by atoms with Crippen molar-refractivity contribution in [2.75, 3.05) is 6.61 Å². The van der Waals surface area contributed by atoms with Crippen LogP contribution < -0.4 is 4.74 Å². The third-order valence-electron chi connectivity index (χ3n) is 6.40. The number of carboxylic acids is 1. The van der Waals surface area contributed by atoms with Gasteiger partial charge in [-0.3, -0.25) is 0 Å². The third-order valence-corrected chi connectivity index (χ3v) is 6.40. The number of fused-ring (bicyclic) bond motifs is 1. The Morgan fingerprint density at radius 2 is 1.62 bits per heavy atom. The molecule has 0 heterocycles. The van der Waals surface area contributed by atoms with E-state index in [1.54, 1.807) is 0 Å². The molecule has 0 radical (unpaired) electrons. The predicted molar refractivity (Wildman–Crippen MR) is 126 cm³/mol. The minimum atomic E-state index is -1.66. The van der Waals surface area contributed by atoms with Gasteiger partial charge in [-0.25, -0.2) is 9.18 Å². The zero-order chi connectivity index (χ0) is 24.3. The van der Waals surface area contributed by atoms with Crippen LogP contribution in [0.15, 0.2) is 41.5 Å². The Balaban J connectivity index is 2.70. The molecule has 32 heavy (non-hydrogen) atoms. The quantitative estimate of drug-likeness (QED) is 0.327. The standard InChI is InChI=1S/C27H36F2O3/c1-8-14-32-23-16-21-20(26(4,5)12-13-27(21,6)7)15-19(23)18(9-2)22(28)11-10-17(3)24(29)25(30)31/h10-11,15-16H,8-9,12-14H2,1-7H3,(H,30,31). The molecule has 1 aromatic carbocycles. The van der Waals surface area contributed by atoms with E-state index in [1.807, 2.05) is 13.8 Å². The van der Waals surface area contributed by atoms with Crippen molar-refractivity contribution < 1.29 is 23.4 Å². The summed E-state index contributed by atoms with van der Waals surface area (Å²) in [6.45, 7) is 14.6. The highest BCUT2D eigenvalue weighted by Crippen LogP contribution is 2.49. The zero-order valence-corrected chi connectivity index (χ0v) is 20.4. The fourth-order valence-corrected chi connectivity index (χ4v) is 4.19. The second kappa shape index (κ2) is 10.0. The highest BCUT2D eigenvalue weighted by atomic mass is 19.1. The first-order valence-corrected chi connectivity index (χ1v) is 11.3. The van der Waals surface area contributed by atoms with Crippen molar-refractivity contribution >= 4 is 11.5 Å². The van der Waals surface area contributed by atoms with Gasteiger partial charge in [-0.1, -0.05) is 47.6 Å². The first kappa shape index (κ1) is 25.8. The number of aliphatic carboxylic acids is 1. The van der Waals surface area contributed by atoms with Gasteiger partial charge in [0.25, 0.3) is 0 Å². The van der Waals surface area contributed by atoms with Crippen molar-refractivity contribution in [1.82, 2.24) is 0 Å². The molecule has 0 spiro atoms. The molecule has 1 aromatic rings. The van der Waals surface area contributed by atoms with E-state index in [0.717, 1.165) is 31.4 Å². The molecule has 0 amide bonds. The number of benzene rings is 1. The Hall–Kier alpha value is -2.43. The summed E-state index contributed by atoms with van der Waals surface area (Å²) in [4.78, 5) is 10.8. The number of hydrogen-bond donors (Lipinski definition) is 1. The number of ether oxygens (including phenoxy) is 1. The van der Waals surface area contributed by atoms with Crippen LogP contribution in [0, 0.1) is 0 Å². The monoisotopic (exact) mass is 446 g/mol. The lowest BCUT2D eigenvalue weighted by Gasteiger charge is -2.42. The fraction of sp³-hybridized carbons (Fsp3) is 0.519. The molecular formula is C27H36F2O3. The lowest BCUT2D eigenvalue weighted by molar-refractivity contribution is -0.134. The van der Waals surface area contributed by atoms with E-state index in [1.165, 1.54) is 18.1 Å². The third kappa shape index (κ3) is 5.48. The molecule has 0 fully saturated rings. The Morgan fingerprint density at radius 1 is 1.06 bits per heavy atom. The van der Waals surface area contributed by atoms with Gasteiger partial charge in [-0.2, -0.15) is 4.39 Å². The molecule has 0 saturated heterocycles. The highest BCUT2D eigenvalue weighted by Gasteiger charge is 2.38. The second-order valence-corrected chi connectivity index (χ2v) is 9.83. The summed E-state index contributed by atoms with van der Waals surface area (Å²) in [6, 6.07) is 4.14. The van der Waals surface area contributed by atoms with Crippen molar-refractivity contribution in [3.63, 3.8) is 0 Å². The predicted octanol–water partition coefficient (Wildman–Crippen LogP) is 7.80. The van der Waals surface area contributed by atoms with Crippen LogP contribution in [0.1, 0.15) is 90.8 Å². The number of carboxylic acid groups (broad SMARTS) is 1. The molecule has 0 aliphatic heterocycles. The van der Waals surface area contributed by atoms with Crippen LogP contribution in [0.2, 0.25) is 0 Å². The Morgan fingerprint density at radius 3 is 2.12 bits per heavy atom. The normalized spacial score (nSPS) is 18.7. The topological polar surface area (TPSA) is 46.5 Å².